The number of hydrogen-bond acceptors (Lipinski definition) is 2. The molecular weight excluding hydrogens is 212 g/mol. The van der Waals surface area contributed by atoms with Crippen molar-refractivity contribution in [1.29, 1.82) is 0 Å². The maximum absolute atomic E-state index is 4.22. The lowest BCUT2D eigenvalue weighted by molar-refractivity contribution is -0.671. The van der Waals surface area contributed by atoms with Gasteiger partial charge in [0.2, 0.25) is 0 Å². The summed E-state index contributed by atoms with van der Waals surface area (Å²) in [6.07, 6.45) is 5.79. The summed E-state index contributed by atoms with van der Waals surface area (Å²) < 4.78 is 4.03. The number of imidazole rings is 1. The number of aryl methyl sites for hydroxylation is 3. The Balaban J connectivity index is 2.05. The topological polar surface area (TPSA) is 33.2 Å². The van der Waals surface area contributed by atoms with Gasteiger partial charge in [-0.1, -0.05) is 17.7 Å². The SMILES string of the molecule is Cc1ccc(N/N=C/c2n(C)cc[n+]2C)cc1. The third-order valence-corrected chi connectivity index (χ3v) is 2.66. The lowest BCUT2D eigenvalue weighted by Gasteiger charge is -1.99. The molecule has 1 N–H and O–H groups in total. The highest BCUT2D eigenvalue weighted by molar-refractivity contribution is 5.73. The van der Waals surface area contributed by atoms with Gasteiger partial charge in [-0.3, -0.25) is 5.43 Å². The lowest BCUT2D eigenvalue weighted by atomic mass is 10.2. The number of rotatable bonds is 3. The van der Waals surface area contributed by atoms with Gasteiger partial charge in [0.05, 0.1) is 19.8 Å². The molecule has 0 spiro atoms. The van der Waals surface area contributed by atoms with Gasteiger partial charge in [-0.15, -0.1) is 0 Å². The predicted molar refractivity (Wildman–Crippen MR) is 69.0 cm³/mol. The summed E-state index contributed by atoms with van der Waals surface area (Å²) in [6, 6.07) is 8.13. The van der Waals surface area contributed by atoms with Gasteiger partial charge in [-0.2, -0.15) is 5.10 Å². The van der Waals surface area contributed by atoms with Crippen molar-refractivity contribution < 1.29 is 4.57 Å². The molecule has 0 atom stereocenters. The van der Waals surface area contributed by atoms with Crippen molar-refractivity contribution in [2.24, 2.45) is 19.2 Å². The second-order valence-electron chi connectivity index (χ2n) is 4.11. The quantitative estimate of drug-likeness (QED) is 0.484. The molecule has 1 heterocycles. The van der Waals surface area contributed by atoms with Crippen LogP contribution in [0.4, 0.5) is 5.69 Å². The van der Waals surface area contributed by atoms with E-state index in [1.54, 1.807) is 6.21 Å². The van der Waals surface area contributed by atoms with Gasteiger partial charge in [-0.25, -0.2) is 9.13 Å². The van der Waals surface area contributed by atoms with E-state index < -0.39 is 0 Å². The van der Waals surface area contributed by atoms with Gasteiger partial charge in [0.1, 0.15) is 18.6 Å². The summed E-state index contributed by atoms with van der Waals surface area (Å²) in [5.74, 6) is 1.03. The molecule has 0 aliphatic heterocycles. The van der Waals surface area contributed by atoms with Crippen LogP contribution in [0.25, 0.3) is 0 Å². The second kappa shape index (κ2) is 4.82. The molecule has 4 nitrogen and oxygen atoms in total. The first kappa shape index (κ1) is 11.4. The number of nitrogens with one attached hydrogen (secondary N) is 1. The lowest BCUT2D eigenvalue weighted by Crippen LogP contribution is -2.31. The number of nitrogens with zero attached hydrogens (tertiary/aromatic N) is 3. The molecule has 0 saturated heterocycles. The number of hydrogen-bond donors (Lipinski definition) is 1. The first-order valence-corrected chi connectivity index (χ1v) is 5.53. The second-order valence-corrected chi connectivity index (χ2v) is 4.11. The zero-order chi connectivity index (χ0) is 12.3. The molecular formula is C13H17N4+. The molecule has 0 fully saturated rings. The highest BCUT2D eigenvalue weighted by Gasteiger charge is 2.06. The number of aromatic nitrogens is 2. The van der Waals surface area contributed by atoms with Crippen molar-refractivity contribution in [3.05, 3.63) is 48.0 Å². The summed E-state index contributed by atoms with van der Waals surface area (Å²) >= 11 is 0. The van der Waals surface area contributed by atoms with Crippen molar-refractivity contribution in [2.45, 2.75) is 6.92 Å². The summed E-state index contributed by atoms with van der Waals surface area (Å²) in [5.41, 5.74) is 5.24. The highest BCUT2D eigenvalue weighted by Crippen LogP contribution is 2.07. The molecule has 1 aromatic carbocycles. The first-order chi connectivity index (χ1) is 8.16. The van der Waals surface area contributed by atoms with Gasteiger partial charge in [0, 0.05) is 0 Å². The molecule has 0 aliphatic rings. The van der Waals surface area contributed by atoms with E-state index in [9.17, 15) is 0 Å². The normalized spacial score (nSPS) is 11.0. The van der Waals surface area contributed by atoms with Crippen LogP contribution in [0.15, 0.2) is 41.8 Å². The van der Waals surface area contributed by atoms with Crippen LogP contribution in [-0.2, 0) is 14.1 Å². The summed E-state index contributed by atoms with van der Waals surface area (Å²) in [4.78, 5) is 0. The predicted octanol–water partition coefficient (Wildman–Crippen LogP) is 1.60. The van der Waals surface area contributed by atoms with Crippen LogP contribution in [0, 0.1) is 6.92 Å². The first-order valence-electron chi connectivity index (χ1n) is 5.53. The van der Waals surface area contributed by atoms with E-state index >= 15 is 0 Å². The van der Waals surface area contributed by atoms with Crippen LogP contribution >= 0.6 is 0 Å². The Morgan fingerprint density at radius 2 is 2.00 bits per heavy atom. The molecule has 1 aromatic heterocycles. The highest BCUT2D eigenvalue weighted by atomic mass is 15.3. The standard InChI is InChI=1S/C13H16N4/c1-11-4-6-12(7-5-11)15-14-10-13-16(2)8-9-17(13)3/h4-10H,1-3H3/p+1. The third-order valence-electron chi connectivity index (χ3n) is 2.66. The summed E-state index contributed by atoms with van der Waals surface area (Å²) in [5, 5.41) is 4.22. The summed E-state index contributed by atoms with van der Waals surface area (Å²) in [6.45, 7) is 2.07. The monoisotopic (exact) mass is 229 g/mol. The van der Waals surface area contributed by atoms with Crippen LogP contribution in [0.2, 0.25) is 0 Å². The van der Waals surface area contributed by atoms with Gasteiger partial charge in [0.15, 0.2) is 0 Å². The van der Waals surface area contributed by atoms with Crippen molar-refractivity contribution in [2.75, 3.05) is 5.43 Å². The third kappa shape index (κ3) is 2.72. The molecule has 17 heavy (non-hydrogen) atoms. The Bertz CT molecular complexity index is 503. The molecule has 88 valence electrons. The van der Waals surface area contributed by atoms with Crippen molar-refractivity contribution in [3.8, 4) is 0 Å². The Labute approximate surface area is 101 Å². The van der Waals surface area contributed by atoms with Crippen LogP contribution in [0.3, 0.4) is 0 Å². The molecule has 0 aliphatic carbocycles. The van der Waals surface area contributed by atoms with Gasteiger partial charge < -0.3 is 0 Å². The fourth-order valence-electron chi connectivity index (χ4n) is 1.58. The van der Waals surface area contributed by atoms with Gasteiger partial charge in [-0.05, 0) is 19.1 Å². The average molecular weight is 229 g/mol. The summed E-state index contributed by atoms with van der Waals surface area (Å²) in [7, 11) is 3.99. The van der Waals surface area contributed by atoms with Gasteiger partial charge >= 0.3 is 5.82 Å². The van der Waals surface area contributed by atoms with Crippen molar-refractivity contribution >= 4 is 11.9 Å². The van der Waals surface area contributed by atoms with E-state index in [1.807, 2.05) is 47.8 Å². The molecule has 2 aromatic rings. The smallest absolute Gasteiger partial charge is 0.278 e. The molecule has 0 amide bonds. The van der Waals surface area contributed by atoms with Crippen LogP contribution in [0.5, 0.6) is 0 Å². The van der Waals surface area contributed by atoms with Gasteiger partial charge in [0.25, 0.3) is 0 Å². The van der Waals surface area contributed by atoms with Crippen molar-refractivity contribution in [3.63, 3.8) is 0 Å². The van der Waals surface area contributed by atoms with E-state index in [2.05, 4.69) is 29.6 Å². The molecule has 0 unspecified atom stereocenters. The Morgan fingerprint density at radius 1 is 1.29 bits per heavy atom. The number of hydrazone groups is 1. The number of benzene rings is 1. The van der Waals surface area contributed by atoms with E-state index in [4.69, 9.17) is 0 Å². The number of anilines is 1. The zero-order valence-corrected chi connectivity index (χ0v) is 10.4. The minimum absolute atomic E-state index is 0.990. The molecule has 4 heteroatoms. The van der Waals surface area contributed by atoms with E-state index in [0.29, 0.717) is 0 Å². The Kier molecular flexibility index (Phi) is 3.23. The molecule has 0 saturated carbocycles. The van der Waals surface area contributed by atoms with E-state index in [-0.39, 0.29) is 0 Å². The fourth-order valence-corrected chi connectivity index (χ4v) is 1.58. The molecule has 2 rings (SSSR count). The van der Waals surface area contributed by atoms with Crippen molar-refractivity contribution in [1.82, 2.24) is 4.57 Å². The minimum Gasteiger partial charge on any atom is -0.278 e. The maximum Gasteiger partial charge on any atom is 0.301 e. The van der Waals surface area contributed by atoms with Crippen LogP contribution < -0.4 is 9.99 Å². The average Bonchev–Trinajstić information content (AvgIpc) is 2.63. The maximum atomic E-state index is 4.22. The van der Waals surface area contributed by atoms with E-state index in [0.717, 1.165) is 11.5 Å². The Hall–Kier alpha value is -2.10. The van der Waals surface area contributed by atoms with E-state index in [1.165, 1.54) is 5.56 Å². The minimum atomic E-state index is 0.990. The molecule has 0 radical (unpaired) electrons. The molecule has 0 bridgehead atoms. The van der Waals surface area contributed by atoms with Crippen LogP contribution in [0.1, 0.15) is 11.4 Å². The zero-order valence-electron chi connectivity index (χ0n) is 10.4. The Morgan fingerprint density at radius 3 is 2.59 bits per heavy atom. The largest absolute Gasteiger partial charge is 0.301 e. The van der Waals surface area contributed by atoms with Crippen LogP contribution in [-0.4, -0.2) is 10.8 Å². The fraction of sp³-hybridized carbons (Fsp3) is 0.231.